The molecular weight excluding hydrogens is 110 g/mol. The van der Waals surface area contributed by atoms with Gasteiger partial charge in [-0.15, -0.1) is 0 Å². The van der Waals surface area contributed by atoms with Crippen LogP contribution in [0.25, 0.3) is 0 Å². The lowest BCUT2D eigenvalue weighted by Crippen LogP contribution is -1.71. The van der Waals surface area contributed by atoms with Crippen LogP contribution in [0.4, 0.5) is 4.79 Å². The van der Waals surface area contributed by atoms with Crippen LogP contribution in [0.5, 0.6) is 0 Å². The van der Waals surface area contributed by atoms with Gasteiger partial charge in [0, 0.05) is 11.6 Å². The Kier molecular flexibility index (Phi) is 2.52. The van der Waals surface area contributed by atoms with E-state index in [1.54, 1.807) is 9.47 Å². The SMILES string of the molecule is O=C(Cl)OP. The Bertz CT molecular complexity index is 44.9. The van der Waals surface area contributed by atoms with Crippen molar-refractivity contribution < 1.29 is 9.32 Å². The summed E-state index contributed by atoms with van der Waals surface area (Å²) in [5, 5.41) is 0. The van der Waals surface area contributed by atoms with E-state index in [1.165, 1.54) is 0 Å². The Morgan fingerprint density at radius 1 is 2.00 bits per heavy atom. The second-order valence-electron chi connectivity index (χ2n) is 0.355. The van der Waals surface area contributed by atoms with Crippen molar-refractivity contribution in [2.45, 2.75) is 0 Å². The van der Waals surface area contributed by atoms with E-state index in [4.69, 9.17) is 0 Å². The van der Waals surface area contributed by atoms with Gasteiger partial charge in [0.05, 0.1) is 9.47 Å². The average molecular weight is 112 g/mol. The third kappa shape index (κ3) is 4.19. The molecule has 0 aliphatic carbocycles. The highest BCUT2D eigenvalue weighted by atomic mass is 35.5. The van der Waals surface area contributed by atoms with Crippen LogP contribution in [0.3, 0.4) is 0 Å². The molecule has 0 aliphatic heterocycles. The zero-order valence-electron chi connectivity index (χ0n) is 2.27. The maximum absolute atomic E-state index is 9.33. The van der Waals surface area contributed by atoms with E-state index in [0.29, 0.717) is 0 Å². The predicted octanol–water partition coefficient (Wildman–Crippen LogP) is 1.15. The summed E-state index contributed by atoms with van der Waals surface area (Å²) < 4.78 is 3.79. The molecule has 0 saturated heterocycles. The highest BCUT2D eigenvalue weighted by molar-refractivity contribution is 7.11. The van der Waals surface area contributed by atoms with Crippen LogP contribution >= 0.6 is 21.1 Å². The molecule has 1 atom stereocenters. The molecular formula is CH2ClO2P. The minimum Gasteiger partial charge on any atom is -0.440 e. The lowest BCUT2D eigenvalue weighted by molar-refractivity contribution is 0.232. The molecule has 0 aromatic carbocycles. The first-order valence-corrected chi connectivity index (χ1v) is 1.68. The molecule has 0 aliphatic rings. The number of carbonyl (C=O) groups is 1. The monoisotopic (exact) mass is 112 g/mol. The number of halogens is 1. The fraction of sp³-hybridized carbons (Fsp3) is 0. The average Bonchev–Trinajstić information content (AvgIpc) is 1.38. The largest absolute Gasteiger partial charge is 0.440 e. The van der Waals surface area contributed by atoms with Crippen molar-refractivity contribution in [3.05, 3.63) is 0 Å². The molecule has 5 heavy (non-hydrogen) atoms. The van der Waals surface area contributed by atoms with Crippen molar-refractivity contribution in [3.63, 3.8) is 0 Å². The Morgan fingerprint density at radius 2 is 2.20 bits per heavy atom. The van der Waals surface area contributed by atoms with E-state index in [2.05, 4.69) is 16.1 Å². The second-order valence-corrected chi connectivity index (χ2v) is 0.900. The van der Waals surface area contributed by atoms with Crippen LogP contribution < -0.4 is 0 Å². The molecule has 0 bridgehead atoms. The normalized spacial score (nSPS) is 6.80. The molecule has 4 heteroatoms. The maximum Gasteiger partial charge on any atom is 0.405 e. The van der Waals surface area contributed by atoms with Gasteiger partial charge < -0.3 is 4.52 Å². The van der Waals surface area contributed by atoms with E-state index < -0.39 is 5.43 Å². The highest BCUT2D eigenvalue weighted by Crippen LogP contribution is 1.90. The lowest BCUT2D eigenvalue weighted by Gasteiger charge is -1.77. The Hall–Kier alpha value is 0.190. The van der Waals surface area contributed by atoms with Crippen LogP contribution in [0, 0.1) is 0 Å². The highest BCUT2D eigenvalue weighted by Gasteiger charge is 1.81. The van der Waals surface area contributed by atoms with Crippen LogP contribution in [0.15, 0.2) is 0 Å². The van der Waals surface area contributed by atoms with Crippen molar-refractivity contribution in [1.82, 2.24) is 0 Å². The number of hydrogen-bond acceptors (Lipinski definition) is 2. The smallest absolute Gasteiger partial charge is 0.405 e. The van der Waals surface area contributed by atoms with Gasteiger partial charge in [0.25, 0.3) is 0 Å². The zero-order valence-corrected chi connectivity index (χ0v) is 4.18. The van der Waals surface area contributed by atoms with Crippen LogP contribution in [-0.4, -0.2) is 5.43 Å². The van der Waals surface area contributed by atoms with Crippen molar-refractivity contribution >= 4 is 26.5 Å². The second kappa shape index (κ2) is 2.43. The molecule has 0 amide bonds. The van der Waals surface area contributed by atoms with Gasteiger partial charge in [0.1, 0.15) is 0 Å². The van der Waals surface area contributed by atoms with E-state index in [0.717, 1.165) is 0 Å². The van der Waals surface area contributed by atoms with Gasteiger partial charge >= 0.3 is 5.43 Å². The summed E-state index contributed by atoms with van der Waals surface area (Å²) >= 11 is 4.58. The molecule has 0 spiro atoms. The Balaban J connectivity index is 2.85. The first-order valence-electron chi connectivity index (χ1n) is 0.833. The molecule has 0 radical (unpaired) electrons. The molecule has 0 aromatic heterocycles. The minimum absolute atomic E-state index is 0.810. The molecule has 0 rings (SSSR count). The molecule has 0 heterocycles. The number of hydrogen-bond donors (Lipinski definition) is 0. The van der Waals surface area contributed by atoms with Gasteiger partial charge in [-0.05, 0) is 0 Å². The molecule has 0 saturated carbocycles. The zero-order chi connectivity index (χ0) is 4.28. The fourth-order valence-electron chi connectivity index (χ4n) is 0. The summed E-state index contributed by atoms with van der Waals surface area (Å²) in [5.41, 5.74) is -0.810. The van der Waals surface area contributed by atoms with Crippen LogP contribution in [0.2, 0.25) is 0 Å². The van der Waals surface area contributed by atoms with Crippen molar-refractivity contribution in [3.8, 4) is 0 Å². The standard InChI is InChI=1S/CH2ClO2P/c2-1(3)4-5/h5H2. The summed E-state index contributed by atoms with van der Waals surface area (Å²) in [5.74, 6) is 0. The summed E-state index contributed by atoms with van der Waals surface area (Å²) in [6.07, 6.45) is 0. The van der Waals surface area contributed by atoms with Gasteiger partial charge in [-0.2, -0.15) is 0 Å². The minimum atomic E-state index is -0.810. The first-order chi connectivity index (χ1) is 2.27. The van der Waals surface area contributed by atoms with E-state index in [9.17, 15) is 4.79 Å². The molecule has 0 aromatic rings. The van der Waals surface area contributed by atoms with Gasteiger partial charge in [0.15, 0.2) is 0 Å². The van der Waals surface area contributed by atoms with E-state index >= 15 is 0 Å². The van der Waals surface area contributed by atoms with Gasteiger partial charge in [-0.1, -0.05) is 0 Å². The van der Waals surface area contributed by atoms with Crippen molar-refractivity contribution in [2.75, 3.05) is 0 Å². The van der Waals surface area contributed by atoms with Gasteiger partial charge in [-0.25, -0.2) is 4.79 Å². The van der Waals surface area contributed by atoms with Crippen LogP contribution in [-0.2, 0) is 4.52 Å². The third-order valence-corrected chi connectivity index (χ3v) is 0.545. The quantitative estimate of drug-likeness (QED) is 0.347. The van der Waals surface area contributed by atoms with E-state index in [-0.39, 0.29) is 0 Å². The van der Waals surface area contributed by atoms with Crippen LogP contribution in [0.1, 0.15) is 0 Å². The van der Waals surface area contributed by atoms with Crippen molar-refractivity contribution in [2.24, 2.45) is 0 Å². The number of rotatable bonds is 0. The maximum atomic E-state index is 9.33. The third-order valence-electron chi connectivity index (χ3n) is 0.0927. The Morgan fingerprint density at radius 3 is 2.20 bits per heavy atom. The lowest BCUT2D eigenvalue weighted by atomic mass is 11.6. The van der Waals surface area contributed by atoms with E-state index in [1.807, 2.05) is 0 Å². The molecule has 0 N–H and O–H groups in total. The summed E-state index contributed by atoms with van der Waals surface area (Å²) in [6.45, 7) is 0. The summed E-state index contributed by atoms with van der Waals surface area (Å²) in [7, 11) is 1.71. The summed E-state index contributed by atoms with van der Waals surface area (Å²) in [6, 6.07) is 0. The van der Waals surface area contributed by atoms with Gasteiger partial charge in [0.2, 0.25) is 0 Å². The topological polar surface area (TPSA) is 26.3 Å². The Labute approximate surface area is 36.7 Å². The first kappa shape index (κ1) is 5.19. The summed E-state index contributed by atoms with van der Waals surface area (Å²) in [4.78, 5) is 9.33. The molecule has 30 valence electrons. The van der Waals surface area contributed by atoms with Crippen molar-refractivity contribution in [1.29, 1.82) is 0 Å². The van der Waals surface area contributed by atoms with Gasteiger partial charge in [-0.3, -0.25) is 0 Å². The number of carbonyl (C=O) groups excluding carboxylic acids is 1. The molecule has 1 unspecified atom stereocenters. The fourth-order valence-corrected chi connectivity index (χ4v) is 0. The molecule has 0 fully saturated rings. The predicted molar refractivity (Wildman–Crippen MR) is 22.0 cm³/mol. The molecule has 2 nitrogen and oxygen atoms in total.